The van der Waals surface area contributed by atoms with E-state index in [1.807, 2.05) is 0 Å². The summed E-state index contributed by atoms with van der Waals surface area (Å²) in [4.78, 5) is 0. The molecule has 5 heteroatoms. The first-order valence-corrected chi connectivity index (χ1v) is 6.05. The normalized spacial score (nSPS) is 10.1. The number of anilines is 2. The fourth-order valence-electron chi connectivity index (χ4n) is 1.53. The maximum Gasteiger partial charge on any atom is 0.175 e. The minimum Gasteiger partial charge on any atom is -0.332 e. The summed E-state index contributed by atoms with van der Waals surface area (Å²) >= 11 is 5.07. The van der Waals surface area contributed by atoms with E-state index >= 15 is 0 Å². The number of hydrogen-bond acceptors (Lipinski definition) is 1. The van der Waals surface area contributed by atoms with E-state index in [-0.39, 0.29) is 16.7 Å². The zero-order chi connectivity index (χ0) is 13.8. The van der Waals surface area contributed by atoms with Crippen molar-refractivity contribution in [2.75, 3.05) is 10.6 Å². The van der Waals surface area contributed by atoms with Gasteiger partial charge in [0.05, 0.1) is 0 Å². The first-order valence-electron chi connectivity index (χ1n) is 5.64. The highest BCUT2D eigenvalue weighted by Crippen LogP contribution is 2.15. The van der Waals surface area contributed by atoms with E-state index in [9.17, 15) is 8.78 Å². The van der Waals surface area contributed by atoms with Crippen LogP contribution in [0.5, 0.6) is 0 Å². The molecule has 0 aliphatic carbocycles. The van der Waals surface area contributed by atoms with Crippen LogP contribution in [0.1, 0.15) is 5.56 Å². The van der Waals surface area contributed by atoms with Gasteiger partial charge >= 0.3 is 0 Å². The fourth-order valence-corrected chi connectivity index (χ4v) is 1.77. The summed E-state index contributed by atoms with van der Waals surface area (Å²) in [6.45, 7) is 1.68. The van der Waals surface area contributed by atoms with Crippen LogP contribution in [0.15, 0.2) is 42.5 Å². The summed E-state index contributed by atoms with van der Waals surface area (Å²) in [5, 5.41) is 5.93. The summed E-state index contributed by atoms with van der Waals surface area (Å²) in [6.07, 6.45) is 0. The Balaban J connectivity index is 2.03. The van der Waals surface area contributed by atoms with Crippen molar-refractivity contribution < 1.29 is 8.78 Å². The summed E-state index contributed by atoms with van der Waals surface area (Å²) in [6, 6.07) is 10.7. The molecule has 2 aromatic rings. The van der Waals surface area contributed by atoms with E-state index in [0.29, 0.717) is 16.9 Å². The van der Waals surface area contributed by atoms with Gasteiger partial charge < -0.3 is 10.6 Å². The van der Waals surface area contributed by atoms with Crippen LogP contribution in [-0.4, -0.2) is 5.11 Å². The Morgan fingerprint density at radius 1 is 1.00 bits per heavy atom. The van der Waals surface area contributed by atoms with Crippen LogP contribution in [0.3, 0.4) is 0 Å². The average Bonchev–Trinajstić information content (AvgIpc) is 2.34. The highest BCUT2D eigenvalue weighted by molar-refractivity contribution is 7.80. The molecule has 2 rings (SSSR count). The predicted octanol–water partition coefficient (Wildman–Crippen LogP) is 4.08. The molecular weight excluding hydrogens is 266 g/mol. The van der Waals surface area contributed by atoms with Crippen LogP contribution in [0.2, 0.25) is 0 Å². The van der Waals surface area contributed by atoms with Gasteiger partial charge in [-0.2, -0.15) is 0 Å². The van der Waals surface area contributed by atoms with Gasteiger partial charge in [0.15, 0.2) is 5.11 Å². The molecule has 0 saturated heterocycles. The Bertz CT molecular complexity index is 614. The van der Waals surface area contributed by atoms with Crippen molar-refractivity contribution in [1.29, 1.82) is 0 Å². The van der Waals surface area contributed by atoms with E-state index in [2.05, 4.69) is 10.6 Å². The second-order valence-corrected chi connectivity index (χ2v) is 4.46. The quantitative estimate of drug-likeness (QED) is 0.809. The number of nitrogens with one attached hydrogen (secondary N) is 2. The van der Waals surface area contributed by atoms with Crippen molar-refractivity contribution in [2.45, 2.75) is 6.92 Å². The first kappa shape index (κ1) is 13.4. The summed E-state index contributed by atoms with van der Waals surface area (Å²) in [5.74, 6) is -0.660. The van der Waals surface area contributed by atoms with Crippen molar-refractivity contribution in [2.24, 2.45) is 0 Å². The third-order valence-electron chi connectivity index (χ3n) is 2.51. The van der Waals surface area contributed by atoms with Gasteiger partial charge in [-0.25, -0.2) is 8.78 Å². The summed E-state index contributed by atoms with van der Waals surface area (Å²) in [7, 11) is 0. The number of aryl methyl sites for hydroxylation is 1. The molecule has 0 heterocycles. The molecule has 0 aromatic heterocycles. The lowest BCUT2D eigenvalue weighted by molar-refractivity contribution is 0.619. The Morgan fingerprint density at radius 2 is 1.68 bits per heavy atom. The molecule has 2 aromatic carbocycles. The predicted molar refractivity (Wildman–Crippen MR) is 77.4 cm³/mol. The number of halogens is 2. The minimum absolute atomic E-state index is 0.272. The molecule has 0 bridgehead atoms. The lowest BCUT2D eigenvalue weighted by Gasteiger charge is -2.11. The molecule has 0 spiro atoms. The van der Waals surface area contributed by atoms with Gasteiger partial charge in [-0.1, -0.05) is 12.1 Å². The van der Waals surface area contributed by atoms with Crippen LogP contribution in [0.25, 0.3) is 0 Å². The molecule has 0 radical (unpaired) electrons. The number of benzene rings is 2. The summed E-state index contributed by atoms with van der Waals surface area (Å²) < 4.78 is 26.3. The fraction of sp³-hybridized carbons (Fsp3) is 0.0714. The third-order valence-corrected chi connectivity index (χ3v) is 2.72. The van der Waals surface area contributed by atoms with E-state index in [1.54, 1.807) is 31.2 Å². The molecule has 0 unspecified atom stereocenters. The lowest BCUT2D eigenvalue weighted by Crippen LogP contribution is -2.19. The molecule has 0 saturated carbocycles. The number of thiocarbonyl (C=S) groups is 1. The van der Waals surface area contributed by atoms with E-state index < -0.39 is 0 Å². The monoisotopic (exact) mass is 278 g/mol. The lowest BCUT2D eigenvalue weighted by atomic mass is 10.2. The van der Waals surface area contributed by atoms with Crippen molar-refractivity contribution >= 4 is 28.7 Å². The SMILES string of the molecule is Cc1ccc(NC(=S)Nc2cccc(F)c2)cc1F. The van der Waals surface area contributed by atoms with Crippen LogP contribution in [0.4, 0.5) is 20.2 Å². The van der Waals surface area contributed by atoms with Crippen LogP contribution < -0.4 is 10.6 Å². The number of hydrogen-bond donors (Lipinski definition) is 2. The van der Waals surface area contributed by atoms with Gasteiger partial charge in [0.1, 0.15) is 11.6 Å². The Kier molecular flexibility index (Phi) is 4.06. The van der Waals surface area contributed by atoms with Crippen molar-refractivity contribution in [3.8, 4) is 0 Å². The maximum atomic E-state index is 13.4. The molecule has 0 atom stereocenters. The zero-order valence-corrected chi connectivity index (χ0v) is 11.0. The molecule has 0 amide bonds. The van der Waals surface area contributed by atoms with E-state index in [1.165, 1.54) is 18.2 Å². The first-order chi connectivity index (χ1) is 9.04. The Labute approximate surface area is 115 Å². The molecule has 0 aliphatic rings. The van der Waals surface area contributed by atoms with E-state index in [0.717, 1.165) is 0 Å². The van der Waals surface area contributed by atoms with Gasteiger partial charge in [-0.05, 0) is 55.0 Å². The van der Waals surface area contributed by atoms with Gasteiger partial charge in [0.25, 0.3) is 0 Å². The Morgan fingerprint density at radius 3 is 2.32 bits per heavy atom. The number of rotatable bonds is 2. The van der Waals surface area contributed by atoms with Crippen molar-refractivity contribution in [3.63, 3.8) is 0 Å². The molecule has 2 nitrogen and oxygen atoms in total. The van der Waals surface area contributed by atoms with Crippen molar-refractivity contribution in [1.82, 2.24) is 0 Å². The molecule has 0 aliphatic heterocycles. The van der Waals surface area contributed by atoms with Gasteiger partial charge in [-0.15, -0.1) is 0 Å². The molecule has 2 N–H and O–H groups in total. The maximum absolute atomic E-state index is 13.4. The topological polar surface area (TPSA) is 24.1 Å². The third kappa shape index (κ3) is 3.72. The Hall–Kier alpha value is -2.01. The second kappa shape index (κ2) is 5.75. The van der Waals surface area contributed by atoms with E-state index in [4.69, 9.17) is 12.2 Å². The standard InChI is InChI=1S/C14H12F2N2S/c1-9-5-6-12(8-13(9)16)18-14(19)17-11-4-2-3-10(15)7-11/h2-8H,1H3,(H2,17,18,19). The molecule has 98 valence electrons. The smallest absolute Gasteiger partial charge is 0.175 e. The second-order valence-electron chi connectivity index (χ2n) is 4.05. The summed E-state index contributed by atoms with van der Waals surface area (Å²) in [5.41, 5.74) is 1.64. The average molecular weight is 278 g/mol. The van der Waals surface area contributed by atoms with Crippen LogP contribution in [0, 0.1) is 18.6 Å². The van der Waals surface area contributed by atoms with Gasteiger partial charge in [0, 0.05) is 11.4 Å². The van der Waals surface area contributed by atoms with Crippen molar-refractivity contribution in [3.05, 3.63) is 59.7 Å². The molecule has 19 heavy (non-hydrogen) atoms. The molecular formula is C14H12F2N2S. The highest BCUT2D eigenvalue weighted by atomic mass is 32.1. The highest BCUT2D eigenvalue weighted by Gasteiger charge is 2.02. The molecule has 0 fully saturated rings. The minimum atomic E-state index is -0.353. The van der Waals surface area contributed by atoms with Crippen LogP contribution in [-0.2, 0) is 0 Å². The van der Waals surface area contributed by atoms with Gasteiger partial charge in [-0.3, -0.25) is 0 Å². The largest absolute Gasteiger partial charge is 0.332 e. The van der Waals surface area contributed by atoms with Gasteiger partial charge in [0.2, 0.25) is 0 Å². The van der Waals surface area contributed by atoms with Crippen LogP contribution >= 0.6 is 12.2 Å². The zero-order valence-electron chi connectivity index (χ0n) is 10.2.